The van der Waals surface area contributed by atoms with Gasteiger partial charge in [-0.1, -0.05) is 56.1 Å². The van der Waals surface area contributed by atoms with Crippen LogP contribution in [0.1, 0.15) is 53.9 Å². The molecule has 0 aliphatic carbocycles. The summed E-state index contributed by atoms with van der Waals surface area (Å²) < 4.78 is 21.7. The number of hydrogen-bond acceptors (Lipinski definition) is 5. The van der Waals surface area contributed by atoms with Crippen LogP contribution < -0.4 is 26.4 Å². The van der Waals surface area contributed by atoms with Gasteiger partial charge in [0.15, 0.2) is 11.5 Å². The maximum atomic E-state index is 15.9. The van der Waals surface area contributed by atoms with Gasteiger partial charge in [0.25, 0.3) is 5.91 Å². The Bertz CT molecular complexity index is 1570. The number of primary amides is 1. The first-order chi connectivity index (χ1) is 19.3. The number of nitrogens with one attached hydrogen (secondary N) is 2. The molecule has 5 rings (SSSR count). The van der Waals surface area contributed by atoms with Crippen LogP contribution in [0.3, 0.4) is 0 Å². The number of ether oxygens (including phenoxy) is 1. The monoisotopic (exact) mass is 619 g/mol. The summed E-state index contributed by atoms with van der Waals surface area (Å²) in [5.41, 5.74) is 5.08. The van der Waals surface area contributed by atoms with Gasteiger partial charge in [-0.25, -0.2) is 4.39 Å². The van der Waals surface area contributed by atoms with Crippen LogP contribution in [0.15, 0.2) is 42.5 Å². The van der Waals surface area contributed by atoms with Crippen LogP contribution in [0.2, 0.25) is 9.36 Å². The summed E-state index contributed by atoms with van der Waals surface area (Å²) in [6, 6.07) is 9.32. The predicted octanol–water partition coefficient (Wildman–Crippen LogP) is 4.66. The summed E-state index contributed by atoms with van der Waals surface area (Å²) >= 11 is 13.9. The Labute approximate surface area is 250 Å². The standard InChI is InChI=1S/C29H29Cl2FN4O4S/c1-28(2,3)12-19-29(24-17(35-27(29)39)11-20(31)41-24)21(14-6-5-7-15(30)22(14)32)23(36-19)26(38)34-16-9-8-13(25(33)37)10-18(16)40-4/h5-11,19,21,23,36H,12H2,1-4H3,(H2,33,37)(H,34,38)(H,35,39)/p+1/t19-,21-,23+,29+/m0/s1. The molecular weight excluding hydrogens is 590 g/mol. The first-order valence-electron chi connectivity index (χ1n) is 13.0. The minimum atomic E-state index is -1.31. The van der Waals surface area contributed by atoms with Crippen molar-refractivity contribution in [2.24, 2.45) is 11.1 Å². The predicted molar refractivity (Wildman–Crippen MR) is 158 cm³/mol. The number of amides is 3. The fourth-order valence-electron chi connectivity index (χ4n) is 6.23. The number of thiophene rings is 1. The quantitative estimate of drug-likeness (QED) is 0.320. The highest BCUT2D eigenvalue weighted by Crippen LogP contribution is 2.57. The number of fused-ring (bicyclic) bond motifs is 2. The largest absolute Gasteiger partial charge is 0.495 e. The minimum absolute atomic E-state index is 0.109. The summed E-state index contributed by atoms with van der Waals surface area (Å²) in [7, 11) is 1.40. The highest BCUT2D eigenvalue weighted by atomic mass is 35.5. The maximum Gasteiger partial charge on any atom is 0.283 e. The molecule has 3 amide bonds. The molecule has 216 valence electrons. The van der Waals surface area contributed by atoms with Gasteiger partial charge in [-0.3, -0.25) is 14.4 Å². The molecule has 1 saturated heterocycles. The van der Waals surface area contributed by atoms with Crippen LogP contribution in [-0.4, -0.2) is 36.9 Å². The van der Waals surface area contributed by atoms with Gasteiger partial charge in [0.1, 0.15) is 17.6 Å². The fourth-order valence-corrected chi connectivity index (χ4v) is 7.88. The molecule has 2 aromatic carbocycles. The molecule has 2 aliphatic heterocycles. The summed E-state index contributed by atoms with van der Waals surface area (Å²) in [6.45, 7) is 6.16. The Hall–Kier alpha value is -3.18. The second kappa shape index (κ2) is 10.6. The highest BCUT2D eigenvalue weighted by Gasteiger charge is 2.70. The number of anilines is 2. The second-order valence-electron chi connectivity index (χ2n) is 11.6. The minimum Gasteiger partial charge on any atom is -0.495 e. The Morgan fingerprint density at radius 1 is 1.22 bits per heavy atom. The topological polar surface area (TPSA) is 127 Å². The molecule has 41 heavy (non-hydrogen) atoms. The number of benzene rings is 2. The number of rotatable bonds is 6. The van der Waals surface area contributed by atoms with E-state index in [0.29, 0.717) is 27.0 Å². The van der Waals surface area contributed by atoms with Gasteiger partial charge in [-0.15, -0.1) is 11.3 Å². The van der Waals surface area contributed by atoms with Crippen LogP contribution in [0.25, 0.3) is 0 Å². The Morgan fingerprint density at radius 3 is 2.61 bits per heavy atom. The average molecular weight is 621 g/mol. The lowest BCUT2D eigenvalue weighted by Crippen LogP contribution is -2.95. The van der Waals surface area contributed by atoms with Gasteiger partial charge in [-0.2, -0.15) is 0 Å². The summed E-state index contributed by atoms with van der Waals surface area (Å²) in [4.78, 5) is 40.6. The summed E-state index contributed by atoms with van der Waals surface area (Å²) in [5, 5.41) is 7.59. The molecule has 0 radical (unpaired) electrons. The Morgan fingerprint density at radius 2 is 1.95 bits per heavy atom. The van der Waals surface area contributed by atoms with Gasteiger partial charge in [0.05, 0.1) is 38.6 Å². The van der Waals surface area contributed by atoms with Crippen molar-refractivity contribution in [2.45, 2.75) is 50.6 Å². The van der Waals surface area contributed by atoms with Crippen LogP contribution in [-0.2, 0) is 15.0 Å². The zero-order valence-electron chi connectivity index (χ0n) is 22.8. The van der Waals surface area contributed by atoms with E-state index in [1.807, 2.05) is 5.32 Å². The fraction of sp³-hybridized carbons (Fsp3) is 0.345. The number of methoxy groups -OCH3 is 1. The lowest BCUT2D eigenvalue weighted by molar-refractivity contribution is -0.694. The zero-order chi connectivity index (χ0) is 29.9. The first kappa shape index (κ1) is 29.3. The number of nitrogens with two attached hydrogens (primary N) is 2. The van der Waals surface area contributed by atoms with E-state index in [9.17, 15) is 14.4 Å². The molecule has 6 N–H and O–H groups in total. The summed E-state index contributed by atoms with van der Waals surface area (Å²) in [5.74, 6) is -2.84. The van der Waals surface area contributed by atoms with E-state index < -0.39 is 41.0 Å². The molecule has 0 saturated carbocycles. The molecule has 4 atom stereocenters. The normalized spacial score (nSPS) is 23.4. The molecule has 1 fully saturated rings. The number of halogens is 3. The number of quaternary nitrogens is 1. The molecule has 8 nitrogen and oxygen atoms in total. The molecule has 3 heterocycles. The van der Waals surface area contributed by atoms with Gasteiger partial charge >= 0.3 is 0 Å². The molecule has 2 aliphatic rings. The zero-order valence-corrected chi connectivity index (χ0v) is 25.1. The lowest BCUT2D eigenvalue weighted by Gasteiger charge is -2.34. The van der Waals surface area contributed by atoms with E-state index >= 15 is 4.39 Å². The maximum absolute atomic E-state index is 15.9. The molecular formula is C29H30Cl2FN4O4S+. The first-order valence-corrected chi connectivity index (χ1v) is 14.5. The van der Waals surface area contributed by atoms with Crippen molar-refractivity contribution >= 4 is 63.6 Å². The van der Waals surface area contributed by atoms with Crippen molar-refractivity contribution in [1.29, 1.82) is 0 Å². The van der Waals surface area contributed by atoms with Gasteiger partial charge < -0.3 is 26.4 Å². The molecule has 12 heteroatoms. The van der Waals surface area contributed by atoms with Crippen LogP contribution in [0.4, 0.5) is 15.8 Å². The third kappa shape index (κ3) is 4.97. The van der Waals surface area contributed by atoms with E-state index in [1.54, 1.807) is 18.2 Å². The van der Waals surface area contributed by atoms with Crippen molar-refractivity contribution in [3.05, 3.63) is 73.6 Å². The van der Waals surface area contributed by atoms with E-state index in [2.05, 4.69) is 31.4 Å². The van der Waals surface area contributed by atoms with E-state index in [1.165, 1.54) is 42.7 Å². The second-order valence-corrected chi connectivity index (χ2v) is 13.7. The van der Waals surface area contributed by atoms with Crippen molar-refractivity contribution in [2.75, 3.05) is 17.7 Å². The third-order valence-corrected chi connectivity index (χ3v) is 9.48. The van der Waals surface area contributed by atoms with Crippen molar-refractivity contribution in [1.82, 2.24) is 0 Å². The van der Waals surface area contributed by atoms with Gasteiger partial charge in [-0.05, 0) is 35.7 Å². The van der Waals surface area contributed by atoms with Crippen LogP contribution >= 0.6 is 34.5 Å². The van der Waals surface area contributed by atoms with Crippen LogP contribution in [0.5, 0.6) is 5.75 Å². The van der Waals surface area contributed by atoms with E-state index in [4.69, 9.17) is 33.7 Å². The summed E-state index contributed by atoms with van der Waals surface area (Å²) in [6.07, 6.45) is 0.536. The van der Waals surface area contributed by atoms with Crippen LogP contribution in [0, 0.1) is 11.2 Å². The SMILES string of the molecule is COc1cc(C(N)=O)ccc1NC(=O)[C@@H]1[NH2+][C@@H](CC(C)(C)C)[C@@]2(C(=O)Nc3cc(Cl)sc32)[C@H]1c1cccc(Cl)c1F. The van der Waals surface area contributed by atoms with Crippen molar-refractivity contribution in [3.63, 3.8) is 0 Å². The van der Waals surface area contributed by atoms with E-state index in [0.717, 1.165) is 0 Å². The Balaban J connectivity index is 1.69. The molecule has 1 aromatic heterocycles. The number of hydrogen-bond donors (Lipinski definition) is 4. The van der Waals surface area contributed by atoms with Crippen molar-refractivity contribution in [3.8, 4) is 5.75 Å². The van der Waals surface area contributed by atoms with Gasteiger partial charge in [0, 0.05) is 17.5 Å². The Kier molecular flexibility index (Phi) is 7.57. The molecule has 0 bridgehead atoms. The van der Waals surface area contributed by atoms with E-state index in [-0.39, 0.29) is 33.2 Å². The number of carbonyl (C=O) groups excluding carboxylic acids is 3. The third-order valence-electron chi connectivity index (χ3n) is 7.77. The molecule has 3 aromatic rings. The average Bonchev–Trinajstić information content (AvgIpc) is 3.50. The van der Waals surface area contributed by atoms with Crippen molar-refractivity contribution < 1.29 is 28.8 Å². The highest BCUT2D eigenvalue weighted by molar-refractivity contribution is 7.17. The van der Waals surface area contributed by atoms with Gasteiger partial charge in [0.2, 0.25) is 11.8 Å². The molecule has 1 spiro atoms. The lowest BCUT2D eigenvalue weighted by atomic mass is 9.65. The molecule has 0 unspecified atom stereocenters. The number of carbonyl (C=O) groups is 3. The smallest absolute Gasteiger partial charge is 0.283 e.